The van der Waals surface area contributed by atoms with E-state index in [-0.39, 0.29) is 30.9 Å². The van der Waals surface area contributed by atoms with Crippen LogP contribution in [0.15, 0.2) is 18.2 Å². The average molecular weight is 381 g/mol. The first kappa shape index (κ1) is 18.5. The van der Waals surface area contributed by atoms with Crippen molar-refractivity contribution < 1.29 is 23.9 Å². The van der Waals surface area contributed by atoms with Crippen LogP contribution in [0.3, 0.4) is 0 Å². The van der Waals surface area contributed by atoms with Crippen LogP contribution in [0.5, 0.6) is 5.75 Å². The van der Waals surface area contributed by atoms with Gasteiger partial charge in [0, 0.05) is 18.1 Å². The van der Waals surface area contributed by atoms with Crippen molar-refractivity contribution in [2.24, 2.45) is 5.92 Å². The third-order valence-electron chi connectivity index (χ3n) is 4.53. The minimum absolute atomic E-state index is 0.0196. The molecule has 2 aliphatic rings. The van der Waals surface area contributed by atoms with Gasteiger partial charge in [0.2, 0.25) is 5.91 Å². The van der Waals surface area contributed by atoms with Crippen LogP contribution < -0.4 is 9.64 Å². The Labute approximate surface area is 156 Å². The molecule has 0 aromatic heterocycles. The molecular formula is C18H21ClN2O5. The molecule has 1 aromatic rings. The lowest BCUT2D eigenvalue weighted by molar-refractivity contribution is -0.151. The van der Waals surface area contributed by atoms with Crippen molar-refractivity contribution in [1.82, 2.24) is 4.90 Å². The maximum Gasteiger partial charge on any atom is 0.331 e. The molecule has 1 aromatic carbocycles. The molecule has 140 valence electrons. The number of halogens is 1. The number of hydrogen-bond acceptors (Lipinski definition) is 6. The quantitative estimate of drug-likeness (QED) is 0.586. The molecule has 0 bridgehead atoms. The molecule has 2 heterocycles. The van der Waals surface area contributed by atoms with Gasteiger partial charge in [-0.2, -0.15) is 0 Å². The van der Waals surface area contributed by atoms with E-state index >= 15 is 0 Å². The normalized spacial score (nSPS) is 19.6. The van der Waals surface area contributed by atoms with Gasteiger partial charge in [0.25, 0.3) is 0 Å². The Balaban J connectivity index is 1.69. The Hall–Kier alpha value is -2.28. The maximum absolute atomic E-state index is 12.7. The lowest BCUT2D eigenvalue weighted by Crippen LogP contribution is -2.48. The Morgan fingerprint density at radius 2 is 2.19 bits per heavy atom. The zero-order chi connectivity index (χ0) is 18.7. The van der Waals surface area contributed by atoms with Gasteiger partial charge in [-0.3, -0.25) is 9.59 Å². The number of carbonyl (C=O) groups is 3. The second-order valence-electron chi connectivity index (χ2n) is 6.37. The number of likely N-dealkylation sites (tertiary alicyclic amines) is 1. The van der Waals surface area contributed by atoms with Gasteiger partial charge < -0.3 is 19.3 Å². The summed E-state index contributed by atoms with van der Waals surface area (Å²) in [5.41, 5.74) is 0.615. The number of fused-ring (bicyclic) bond motifs is 1. The van der Waals surface area contributed by atoms with Crippen LogP contribution in [0.1, 0.15) is 19.8 Å². The van der Waals surface area contributed by atoms with Crippen molar-refractivity contribution in [3.63, 3.8) is 0 Å². The second-order valence-corrected chi connectivity index (χ2v) is 6.81. The number of nitrogens with zero attached hydrogens (tertiary/aromatic N) is 2. The first-order valence-corrected chi connectivity index (χ1v) is 9.05. The first-order chi connectivity index (χ1) is 12.5. The first-order valence-electron chi connectivity index (χ1n) is 8.67. The van der Waals surface area contributed by atoms with Crippen molar-refractivity contribution in [1.29, 1.82) is 0 Å². The molecule has 1 saturated heterocycles. The maximum atomic E-state index is 12.7. The molecule has 0 saturated carbocycles. The monoisotopic (exact) mass is 380 g/mol. The van der Waals surface area contributed by atoms with E-state index in [0.29, 0.717) is 36.2 Å². The van der Waals surface area contributed by atoms with Crippen LogP contribution in [0.4, 0.5) is 5.69 Å². The topological polar surface area (TPSA) is 76.2 Å². The molecule has 7 nitrogen and oxygen atoms in total. The van der Waals surface area contributed by atoms with Crippen LogP contribution in [-0.4, -0.2) is 55.5 Å². The summed E-state index contributed by atoms with van der Waals surface area (Å²) in [6, 6.07) is 4.92. The number of esters is 2. The van der Waals surface area contributed by atoms with E-state index < -0.39 is 5.97 Å². The van der Waals surface area contributed by atoms with Crippen LogP contribution in [0.2, 0.25) is 5.02 Å². The van der Waals surface area contributed by atoms with Crippen molar-refractivity contribution in [3.05, 3.63) is 23.2 Å². The third-order valence-corrected chi connectivity index (χ3v) is 4.76. The number of anilines is 1. The average Bonchev–Trinajstić information content (AvgIpc) is 2.62. The summed E-state index contributed by atoms with van der Waals surface area (Å²) < 4.78 is 10.3. The van der Waals surface area contributed by atoms with Gasteiger partial charge in [-0.15, -0.1) is 0 Å². The molecule has 8 heteroatoms. The third kappa shape index (κ3) is 4.09. The predicted octanol–water partition coefficient (Wildman–Crippen LogP) is 1.87. The largest absolute Gasteiger partial charge is 0.466 e. The molecule has 3 rings (SSSR count). The summed E-state index contributed by atoms with van der Waals surface area (Å²) in [4.78, 5) is 39.8. The molecule has 2 aliphatic heterocycles. The number of carbonyl (C=O) groups excluding carboxylic acids is 3. The molecule has 0 aliphatic carbocycles. The van der Waals surface area contributed by atoms with Crippen molar-refractivity contribution >= 4 is 35.1 Å². The number of piperidine rings is 1. The van der Waals surface area contributed by atoms with E-state index in [0.717, 1.165) is 12.8 Å². The van der Waals surface area contributed by atoms with Crippen molar-refractivity contribution in [2.75, 3.05) is 37.7 Å². The van der Waals surface area contributed by atoms with Crippen LogP contribution in [0.25, 0.3) is 0 Å². The highest BCUT2D eigenvalue weighted by molar-refractivity contribution is 6.31. The summed E-state index contributed by atoms with van der Waals surface area (Å²) in [7, 11) is 0. The van der Waals surface area contributed by atoms with Gasteiger partial charge in [0.1, 0.15) is 6.54 Å². The molecule has 1 amide bonds. The van der Waals surface area contributed by atoms with E-state index in [4.69, 9.17) is 21.1 Å². The lowest BCUT2D eigenvalue weighted by Gasteiger charge is -2.35. The van der Waals surface area contributed by atoms with E-state index in [2.05, 4.69) is 0 Å². The fraction of sp³-hybridized carbons (Fsp3) is 0.500. The summed E-state index contributed by atoms with van der Waals surface area (Å²) in [6.07, 6.45) is 1.47. The van der Waals surface area contributed by atoms with Gasteiger partial charge in [0.15, 0.2) is 5.75 Å². The zero-order valence-electron chi connectivity index (χ0n) is 14.6. The van der Waals surface area contributed by atoms with Gasteiger partial charge >= 0.3 is 11.9 Å². The molecule has 26 heavy (non-hydrogen) atoms. The minimum atomic E-state index is -0.421. The molecule has 0 radical (unpaired) electrons. The Morgan fingerprint density at radius 1 is 1.38 bits per heavy atom. The summed E-state index contributed by atoms with van der Waals surface area (Å²) >= 11 is 6.03. The van der Waals surface area contributed by atoms with Gasteiger partial charge in [-0.05, 0) is 38.0 Å². The smallest absolute Gasteiger partial charge is 0.331 e. The van der Waals surface area contributed by atoms with E-state index in [9.17, 15) is 14.4 Å². The standard InChI is InChI=1S/C18H21ClN2O5/c1-2-25-18(24)12-4-3-7-20(9-12)16(22)10-21-11-17(23)26-15-6-5-13(19)8-14(15)21/h5-6,8,12H,2-4,7,9-11H2,1H3. The number of hydrogen-bond donors (Lipinski definition) is 0. The highest BCUT2D eigenvalue weighted by Crippen LogP contribution is 2.34. The molecule has 0 spiro atoms. The fourth-order valence-corrected chi connectivity index (χ4v) is 3.45. The number of benzene rings is 1. The highest BCUT2D eigenvalue weighted by atomic mass is 35.5. The van der Waals surface area contributed by atoms with Crippen molar-refractivity contribution in [2.45, 2.75) is 19.8 Å². The Morgan fingerprint density at radius 3 is 2.96 bits per heavy atom. The highest BCUT2D eigenvalue weighted by Gasteiger charge is 2.32. The van der Waals surface area contributed by atoms with Crippen LogP contribution in [0, 0.1) is 5.92 Å². The molecular weight excluding hydrogens is 360 g/mol. The summed E-state index contributed by atoms with van der Waals surface area (Å²) in [5, 5.41) is 0.500. The van der Waals surface area contributed by atoms with E-state index in [1.54, 1.807) is 34.9 Å². The SMILES string of the molecule is CCOC(=O)C1CCCN(C(=O)CN2CC(=O)Oc3ccc(Cl)cc32)C1. The summed E-state index contributed by atoms with van der Waals surface area (Å²) in [5.74, 6) is -0.721. The van der Waals surface area contributed by atoms with Gasteiger partial charge in [0.05, 0.1) is 24.8 Å². The van der Waals surface area contributed by atoms with Gasteiger partial charge in [-0.25, -0.2) is 4.79 Å². The zero-order valence-corrected chi connectivity index (χ0v) is 15.3. The number of rotatable bonds is 4. The predicted molar refractivity (Wildman–Crippen MR) is 95.2 cm³/mol. The van der Waals surface area contributed by atoms with Gasteiger partial charge in [-0.1, -0.05) is 11.6 Å². The van der Waals surface area contributed by atoms with Crippen LogP contribution in [-0.2, 0) is 19.1 Å². The minimum Gasteiger partial charge on any atom is -0.466 e. The number of amides is 1. The Bertz CT molecular complexity index is 724. The van der Waals surface area contributed by atoms with E-state index in [1.807, 2.05) is 0 Å². The molecule has 1 atom stereocenters. The molecule has 1 fully saturated rings. The summed E-state index contributed by atoms with van der Waals surface area (Å²) in [6.45, 7) is 3.04. The lowest BCUT2D eigenvalue weighted by atomic mass is 9.98. The Kier molecular flexibility index (Phi) is 5.66. The van der Waals surface area contributed by atoms with Crippen molar-refractivity contribution in [3.8, 4) is 5.75 Å². The second kappa shape index (κ2) is 7.95. The fourth-order valence-electron chi connectivity index (χ4n) is 3.28. The molecule has 1 unspecified atom stereocenters. The number of ether oxygens (including phenoxy) is 2. The molecule has 0 N–H and O–H groups in total. The van der Waals surface area contributed by atoms with E-state index in [1.165, 1.54) is 0 Å². The van der Waals surface area contributed by atoms with Crippen LogP contribution >= 0.6 is 11.6 Å².